The van der Waals surface area contributed by atoms with Crippen LogP contribution in [0.15, 0.2) is 42.6 Å². The second kappa shape index (κ2) is 6.00. The largest absolute Gasteiger partial charge is 0.399 e. The molecule has 0 saturated heterocycles. The maximum Gasteiger partial charge on any atom is 0.225 e. The molecule has 0 bridgehead atoms. The minimum atomic E-state index is -0.0543. The fourth-order valence-electron chi connectivity index (χ4n) is 1.82. The Labute approximate surface area is 112 Å². The van der Waals surface area contributed by atoms with Crippen LogP contribution in [0.4, 0.5) is 11.5 Å². The van der Waals surface area contributed by atoms with Gasteiger partial charge in [0.1, 0.15) is 5.82 Å². The number of rotatable bonds is 4. The molecule has 98 valence electrons. The summed E-state index contributed by atoms with van der Waals surface area (Å²) in [6, 6.07) is 11.3. The molecular formula is C15H17N3O. The predicted molar refractivity (Wildman–Crippen MR) is 76.8 cm³/mol. The first kappa shape index (κ1) is 13.1. The molecule has 19 heavy (non-hydrogen) atoms. The highest BCUT2D eigenvalue weighted by atomic mass is 16.1. The number of hydrogen-bond donors (Lipinski definition) is 2. The summed E-state index contributed by atoms with van der Waals surface area (Å²) in [6.07, 6.45) is 2.70. The summed E-state index contributed by atoms with van der Waals surface area (Å²) in [5.74, 6) is 0.535. The number of aromatic nitrogens is 1. The number of hydrogen-bond acceptors (Lipinski definition) is 3. The highest BCUT2D eigenvalue weighted by Gasteiger charge is 2.05. The molecule has 0 radical (unpaired) electrons. The summed E-state index contributed by atoms with van der Waals surface area (Å²) in [5.41, 5.74) is 8.62. The van der Waals surface area contributed by atoms with Crippen molar-refractivity contribution in [1.82, 2.24) is 4.98 Å². The van der Waals surface area contributed by atoms with Gasteiger partial charge in [-0.25, -0.2) is 4.98 Å². The number of pyridine rings is 1. The number of carbonyl (C=O) groups is 1. The van der Waals surface area contributed by atoms with E-state index in [4.69, 9.17) is 5.73 Å². The molecule has 0 aliphatic rings. The van der Waals surface area contributed by atoms with Gasteiger partial charge in [0.25, 0.3) is 0 Å². The van der Waals surface area contributed by atoms with E-state index in [0.717, 1.165) is 16.8 Å². The maximum absolute atomic E-state index is 11.8. The van der Waals surface area contributed by atoms with Crippen molar-refractivity contribution in [3.8, 4) is 0 Å². The molecule has 4 heteroatoms. The molecule has 0 unspecified atom stereocenters. The zero-order valence-electron chi connectivity index (χ0n) is 10.9. The Kier molecular flexibility index (Phi) is 4.13. The van der Waals surface area contributed by atoms with E-state index < -0.39 is 0 Å². The van der Waals surface area contributed by atoms with Crippen molar-refractivity contribution < 1.29 is 4.79 Å². The van der Waals surface area contributed by atoms with Crippen LogP contribution in [0.25, 0.3) is 0 Å². The summed E-state index contributed by atoms with van der Waals surface area (Å²) in [4.78, 5) is 15.9. The van der Waals surface area contributed by atoms with Crippen LogP contribution in [-0.4, -0.2) is 10.9 Å². The van der Waals surface area contributed by atoms with Gasteiger partial charge in [0.15, 0.2) is 0 Å². The van der Waals surface area contributed by atoms with E-state index >= 15 is 0 Å². The van der Waals surface area contributed by atoms with Gasteiger partial charge in [-0.3, -0.25) is 4.79 Å². The number of nitrogens with two attached hydrogens (primary N) is 1. The summed E-state index contributed by atoms with van der Waals surface area (Å²) in [6.45, 7) is 1.96. The van der Waals surface area contributed by atoms with Crippen molar-refractivity contribution in [2.45, 2.75) is 19.8 Å². The fourth-order valence-corrected chi connectivity index (χ4v) is 1.82. The lowest BCUT2D eigenvalue weighted by molar-refractivity contribution is -0.116. The molecule has 0 spiro atoms. The van der Waals surface area contributed by atoms with Crippen LogP contribution in [0.2, 0.25) is 0 Å². The van der Waals surface area contributed by atoms with Crippen molar-refractivity contribution in [1.29, 1.82) is 0 Å². The van der Waals surface area contributed by atoms with Crippen LogP contribution >= 0.6 is 0 Å². The van der Waals surface area contributed by atoms with Crippen molar-refractivity contribution in [3.63, 3.8) is 0 Å². The standard InChI is InChI=1S/C15H17N3O/c1-11-8-9-17-14(10-11)18-15(19)7-6-12-4-2-3-5-13(12)16/h2-5,8-10H,6-7,16H2,1H3,(H,17,18,19). The second-order valence-electron chi connectivity index (χ2n) is 4.47. The molecule has 0 fully saturated rings. The second-order valence-corrected chi connectivity index (χ2v) is 4.47. The molecule has 0 aliphatic carbocycles. The number of nitrogen functional groups attached to an aromatic ring is 1. The Morgan fingerprint density at radius 3 is 2.84 bits per heavy atom. The Balaban J connectivity index is 1.90. The first-order chi connectivity index (χ1) is 9.15. The van der Waals surface area contributed by atoms with Gasteiger partial charge < -0.3 is 11.1 Å². The summed E-state index contributed by atoms with van der Waals surface area (Å²) >= 11 is 0. The lowest BCUT2D eigenvalue weighted by Crippen LogP contribution is -2.13. The van der Waals surface area contributed by atoms with Crippen molar-refractivity contribution in [2.75, 3.05) is 11.1 Å². The van der Waals surface area contributed by atoms with Gasteiger partial charge in [-0.1, -0.05) is 18.2 Å². The highest BCUT2D eigenvalue weighted by Crippen LogP contribution is 2.13. The minimum Gasteiger partial charge on any atom is -0.399 e. The molecule has 1 amide bonds. The SMILES string of the molecule is Cc1ccnc(NC(=O)CCc2ccccc2N)c1. The first-order valence-electron chi connectivity index (χ1n) is 6.21. The monoisotopic (exact) mass is 255 g/mol. The number of anilines is 2. The van der Waals surface area contributed by atoms with E-state index in [-0.39, 0.29) is 5.91 Å². The molecule has 3 N–H and O–H groups in total. The van der Waals surface area contributed by atoms with E-state index in [1.54, 1.807) is 6.20 Å². The van der Waals surface area contributed by atoms with Crippen LogP contribution in [0.5, 0.6) is 0 Å². The van der Waals surface area contributed by atoms with Gasteiger partial charge in [0.05, 0.1) is 0 Å². The Hall–Kier alpha value is -2.36. The zero-order valence-corrected chi connectivity index (χ0v) is 10.9. The van der Waals surface area contributed by atoms with Crippen LogP contribution < -0.4 is 11.1 Å². The lowest BCUT2D eigenvalue weighted by atomic mass is 10.1. The van der Waals surface area contributed by atoms with Gasteiger partial charge >= 0.3 is 0 Å². The van der Waals surface area contributed by atoms with Gasteiger partial charge in [-0.05, 0) is 42.7 Å². The Bertz CT molecular complexity index is 581. The van der Waals surface area contributed by atoms with E-state index in [2.05, 4.69) is 10.3 Å². The van der Waals surface area contributed by atoms with E-state index in [1.165, 1.54) is 0 Å². The third-order valence-corrected chi connectivity index (χ3v) is 2.86. The number of benzene rings is 1. The third-order valence-electron chi connectivity index (χ3n) is 2.86. The fraction of sp³-hybridized carbons (Fsp3) is 0.200. The molecule has 0 atom stereocenters. The first-order valence-corrected chi connectivity index (χ1v) is 6.21. The van der Waals surface area contributed by atoms with Crippen molar-refractivity contribution >= 4 is 17.4 Å². The molecule has 1 heterocycles. The number of nitrogens with one attached hydrogen (secondary N) is 1. The molecular weight excluding hydrogens is 238 g/mol. The number of para-hydroxylation sites is 1. The van der Waals surface area contributed by atoms with E-state index in [9.17, 15) is 4.79 Å². The van der Waals surface area contributed by atoms with Crippen molar-refractivity contribution in [2.24, 2.45) is 0 Å². The smallest absolute Gasteiger partial charge is 0.225 e. The molecule has 0 aliphatic heterocycles. The van der Waals surface area contributed by atoms with Crippen LogP contribution in [0, 0.1) is 6.92 Å². The highest BCUT2D eigenvalue weighted by molar-refractivity contribution is 5.90. The summed E-state index contributed by atoms with van der Waals surface area (Å²) in [7, 11) is 0. The normalized spacial score (nSPS) is 10.2. The van der Waals surface area contributed by atoms with E-state index in [0.29, 0.717) is 18.7 Å². The average Bonchev–Trinajstić information content (AvgIpc) is 2.38. The quantitative estimate of drug-likeness (QED) is 0.825. The Morgan fingerprint density at radius 1 is 1.32 bits per heavy atom. The molecule has 1 aromatic heterocycles. The van der Waals surface area contributed by atoms with Crippen molar-refractivity contribution in [3.05, 3.63) is 53.7 Å². The third kappa shape index (κ3) is 3.81. The van der Waals surface area contributed by atoms with Gasteiger partial charge in [0.2, 0.25) is 5.91 Å². The molecule has 4 nitrogen and oxygen atoms in total. The predicted octanol–water partition coefficient (Wildman–Crippen LogP) is 2.54. The average molecular weight is 255 g/mol. The number of amides is 1. The number of carbonyl (C=O) groups excluding carboxylic acids is 1. The van der Waals surface area contributed by atoms with Gasteiger partial charge in [-0.15, -0.1) is 0 Å². The molecule has 1 aromatic carbocycles. The molecule has 2 rings (SSSR count). The Morgan fingerprint density at radius 2 is 2.11 bits per heavy atom. The number of nitrogens with zero attached hydrogens (tertiary/aromatic N) is 1. The van der Waals surface area contributed by atoms with Crippen LogP contribution in [-0.2, 0) is 11.2 Å². The molecule has 0 saturated carbocycles. The minimum absolute atomic E-state index is 0.0543. The summed E-state index contributed by atoms with van der Waals surface area (Å²) < 4.78 is 0. The number of aryl methyl sites for hydroxylation is 2. The van der Waals surface area contributed by atoms with Crippen LogP contribution in [0.1, 0.15) is 17.5 Å². The maximum atomic E-state index is 11.8. The van der Waals surface area contributed by atoms with Gasteiger partial charge in [0, 0.05) is 18.3 Å². The van der Waals surface area contributed by atoms with E-state index in [1.807, 2.05) is 43.3 Å². The van der Waals surface area contributed by atoms with Gasteiger partial charge in [-0.2, -0.15) is 0 Å². The zero-order chi connectivity index (χ0) is 13.7. The topological polar surface area (TPSA) is 68.0 Å². The lowest BCUT2D eigenvalue weighted by Gasteiger charge is -2.06. The molecule has 2 aromatic rings. The van der Waals surface area contributed by atoms with Crippen LogP contribution in [0.3, 0.4) is 0 Å². The summed E-state index contributed by atoms with van der Waals surface area (Å²) in [5, 5.41) is 2.78.